The number of alkyl halides is 3. The molecule has 0 aromatic heterocycles. The fourth-order valence-corrected chi connectivity index (χ4v) is 2.73. The molecule has 0 saturated heterocycles. The van der Waals surface area contributed by atoms with Crippen LogP contribution in [0.4, 0.5) is 13.2 Å². The third-order valence-electron chi connectivity index (χ3n) is 3.82. The van der Waals surface area contributed by atoms with Crippen molar-refractivity contribution in [3.05, 3.63) is 106 Å². The molecule has 0 spiro atoms. The van der Waals surface area contributed by atoms with Crippen LogP contribution in [0.5, 0.6) is 0 Å². The van der Waals surface area contributed by atoms with E-state index in [1.165, 1.54) is 12.1 Å². The van der Waals surface area contributed by atoms with Crippen molar-refractivity contribution >= 4 is 27.8 Å². The van der Waals surface area contributed by atoms with Gasteiger partial charge in [-0.1, -0.05) is 77.4 Å². The minimum absolute atomic E-state index is 0.0707. The standard InChI is InChI=1S/C21H15ClF3NO.HNO2S/c22-17-11-12-19(21(23,24)25)18(13-17)20(16-9-5-2-6-10-16)26-27-14-15-7-3-1-4-8-15;1-4(2)3/h1-13H,14H2;1H/b26-20+;. The first-order chi connectivity index (χ1) is 14.7. The summed E-state index contributed by atoms with van der Waals surface area (Å²) in [6.07, 6.45) is -4.55. The number of rotatable bonds is 5. The molecule has 0 bridgehead atoms. The van der Waals surface area contributed by atoms with E-state index in [1.54, 1.807) is 30.3 Å². The summed E-state index contributed by atoms with van der Waals surface area (Å²) >= 11 is 5.97. The molecule has 1 N–H and O–H groups in total. The molecule has 0 radical (unpaired) electrons. The van der Waals surface area contributed by atoms with Crippen LogP contribution in [0.1, 0.15) is 22.3 Å². The molecule has 162 valence electrons. The summed E-state index contributed by atoms with van der Waals surface area (Å²) < 4.78 is 63.3. The van der Waals surface area contributed by atoms with Gasteiger partial charge in [-0.25, -0.2) is 0 Å². The minimum Gasteiger partial charge on any atom is -0.390 e. The van der Waals surface area contributed by atoms with Crippen molar-refractivity contribution < 1.29 is 26.4 Å². The Kier molecular flexibility index (Phi) is 8.77. The van der Waals surface area contributed by atoms with E-state index in [0.717, 1.165) is 11.6 Å². The molecule has 0 aliphatic carbocycles. The molecule has 0 amide bonds. The summed E-state index contributed by atoms with van der Waals surface area (Å²) in [5.74, 6) is 0. The molecule has 3 aromatic carbocycles. The molecule has 0 unspecified atom stereocenters. The quantitative estimate of drug-likeness (QED) is 0.371. The average Bonchev–Trinajstić information content (AvgIpc) is 2.71. The minimum atomic E-state index is -4.55. The van der Waals surface area contributed by atoms with E-state index in [4.69, 9.17) is 29.6 Å². The first kappa shape index (κ1) is 24.1. The van der Waals surface area contributed by atoms with Crippen LogP contribution in [0, 0.1) is 4.78 Å². The molecule has 5 nitrogen and oxygen atoms in total. The van der Waals surface area contributed by atoms with Gasteiger partial charge in [-0.3, -0.25) is 0 Å². The van der Waals surface area contributed by atoms with E-state index in [1.807, 2.05) is 30.3 Å². The SMILES string of the molecule is FC(F)(F)c1ccc(Cl)cc1/C(=N/OCc1ccccc1)c1ccccc1.N=S(=O)=O. The van der Waals surface area contributed by atoms with Crippen molar-refractivity contribution in [3.8, 4) is 0 Å². The van der Waals surface area contributed by atoms with Crippen LogP contribution in [-0.4, -0.2) is 14.1 Å². The van der Waals surface area contributed by atoms with Crippen LogP contribution < -0.4 is 0 Å². The van der Waals surface area contributed by atoms with E-state index >= 15 is 0 Å². The maximum absolute atomic E-state index is 13.5. The molecule has 0 heterocycles. The highest BCUT2D eigenvalue weighted by Gasteiger charge is 2.35. The first-order valence-electron chi connectivity index (χ1n) is 8.65. The number of benzene rings is 3. The Labute approximate surface area is 183 Å². The summed E-state index contributed by atoms with van der Waals surface area (Å²) in [4.78, 5) is 5.38. The molecule has 0 fully saturated rings. The zero-order valence-corrected chi connectivity index (χ0v) is 17.4. The number of hydrogen-bond donors (Lipinski definition) is 1. The molecule has 0 aliphatic rings. The van der Waals surface area contributed by atoms with Crippen LogP contribution in [0.25, 0.3) is 0 Å². The van der Waals surface area contributed by atoms with E-state index in [9.17, 15) is 13.2 Å². The lowest BCUT2D eigenvalue weighted by Gasteiger charge is -2.15. The van der Waals surface area contributed by atoms with Gasteiger partial charge in [0.15, 0.2) is 0 Å². The molecule has 0 aliphatic heterocycles. The highest BCUT2D eigenvalue weighted by atomic mass is 35.5. The van der Waals surface area contributed by atoms with Crippen molar-refractivity contribution in [2.45, 2.75) is 12.8 Å². The third kappa shape index (κ3) is 7.88. The summed E-state index contributed by atoms with van der Waals surface area (Å²) in [6.45, 7) is 0.138. The Morgan fingerprint density at radius 3 is 2.06 bits per heavy atom. The monoisotopic (exact) mass is 468 g/mol. The van der Waals surface area contributed by atoms with Crippen LogP contribution in [-0.2, 0) is 28.1 Å². The average molecular weight is 469 g/mol. The fraction of sp³-hybridized carbons (Fsp3) is 0.0952. The van der Waals surface area contributed by atoms with Crippen LogP contribution in [0.2, 0.25) is 5.02 Å². The van der Waals surface area contributed by atoms with Gasteiger partial charge in [0, 0.05) is 16.1 Å². The lowest BCUT2D eigenvalue weighted by atomic mass is 9.97. The molecule has 31 heavy (non-hydrogen) atoms. The maximum atomic E-state index is 13.5. The number of halogens is 4. The van der Waals surface area contributed by atoms with Crippen molar-refractivity contribution in [2.24, 2.45) is 5.16 Å². The van der Waals surface area contributed by atoms with Crippen molar-refractivity contribution in [1.29, 1.82) is 4.78 Å². The van der Waals surface area contributed by atoms with Gasteiger partial charge in [-0.05, 0) is 23.8 Å². The van der Waals surface area contributed by atoms with E-state index in [2.05, 4.69) is 5.16 Å². The number of nitrogens with zero attached hydrogens (tertiary/aromatic N) is 1. The largest absolute Gasteiger partial charge is 0.417 e. The normalized spacial score (nSPS) is 11.3. The van der Waals surface area contributed by atoms with Gasteiger partial charge < -0.3 is 4.84 Å². The molecule has 3 aromatic rings. The third-order valence-corrected chi connectivity index (χ3v) is 4.05. The number of oxime groups is 1. The Balaban J connectivity index is 0.000000785. The molecular weight excluding hydrogens is 453 g/mol. The fourth-order valence-electron chi connectivity index (χ4n) is 2.56. The van der Waals surface area contributed by atoms with Crippen molar-refractivity contribution in [3.63, 3.8) is 0 Å². The summed E-state index contributed by atoms with van der Waals surface area (Å²) in [5, 5.41) is 4.22. The second kappa shape index (κ2) is 11.3. The van der Waals surface area contributed by atoms with Crippen molar-refractivity contribution in [1.82, 2.24) is 0 Å². The van der Waals surface area contributed by atoms with Crippen LogP contribution >= 0.6 is 11.6 Å². The van der Waals surface area contributed by atoms with Gasteiger partial charge in [0.2, 0.25) is 0 Å². The van der Waals surface area contributed by atoms with E-state index in [0.29, 0.717) is 5.56 Å². The summed E-state index contributed by atoms with van der Waals surface area (Å²) in [7, 11) is -2.61. The lowest BCUT2D eigenvalue weighted by molar-refractivity contribution is -0.137. The maximum Gasteiger partial charge on any atom is 0.417 e. The second-order valence-corrected chi connectivity index (χ2v) is 6.89. The van der Waals surface area contributed by atoms with Gasteiger partial charge in [-0.15, -0.1) is 0 Å². The second-order valence-electron chi connectivity index (χ2n) is 5.99. The molecule has 10 heteroatoms. The predicted molar refractivity (Wildman–Crippen MR) is 111 cm³/mol. The zero-order valence-electron chi connectivity index (χ0n) is 15.8. The van der Waals surface area contributed by atoms with Crippen molar-refractivity contribution in [2.75, 3.05) is 0 Å². The van der Waals surface area contributed by atoms with Gasteiger partial charge in [0.05, 0.1) is 5.56 Å². The summed E-state index contributed by atoms with van der Waals surface area (Å²) in [5.41, 5.74) is 0.475. The predicted octanol–water partition coefficient (Wildman–Crippen LogP) is 5.96. The van der Waals surface area contributed by atoms with E-state index < -0.39 is 22.2 Å². The van der Waals surface area contributed by atoms with Gasteiger partial charge in [-0.2, -0.15) is 26.4 Å². The Bertz CT molecular complexity index is 1130. The van der Waals surface area contributed by atoms with E-state index in [-0.39, 0.29) is 22.9 Å². The Morgan fingerprint density at radius 1 is 0.968 bits per heavy atom. The van der Waals surface area contributed by atoms with Gasteiger partial charge in [0.1, 0.15) is 12.3 Å². The number of nitrogens with one attached hydrogen (secondary N) is 1. The zero-order chi connectivity index (χ0) is 22.9. The molecule has 3 rings (SSSR count). The lowest BCUT2D eigenvalue weighted by Crippen LogP contribution is -2.15. The van der Waals surface area contributed by atoms with Gasteiger partial charge in [0.25, 0.3) is 0 Å². The molecule has 0 atom stereocenters. The number of hydrogen-bond acceptors (Lipinski definition) is 5. The topological polar surface area (TPSA) is 79.6 Å². The summed E-state index contributed by atoms with van der Waals surface area (Å²) in [6, 6.07) is 21.2. The van der Waals surface area contributed by atoms with Gasteiger partial charge >= 0.3 is 16.7 Å². The highest BCUT2D eigenvalue weighted by molar-refractivity contribution is 7.60. The smallest absolute Gasteiger partial charge is 0.390 e. The highest BCUT2D eigenvalue weighted by Crippen LogP contribution is 2.34. The van der Waals surface area contributed by atoms with Crippen LogP contribution in [0.3, 0.4) is 0 Å². The first-order valence-corrected chi connectivity index (χ1v) is 10.1. The Morgan fingerprint density at radius 2 is 1.52 bits per heavy atom. The molecule has 0 saturated carbocycles. The van der Waals surface area contributed by atoms with Crippen LogP contribution in [0.15, 0.2) is 84.0 Å². The Hall–Kier alpha value is -3.17. The molecular formula is C21H16ClF3N2O3S.